The zero-order chi connectivity index (χ0) is 64.8. The molecule has 0 aliphatic heterocycles. The van der Waals surface area contributed by atoms with Crippen molar-refractivity contribution in [1.82, 2.24) is 52.3 Å². The highest BCUT2D eigenvalue weighted by Gasteiger charge is 1.99. The zero-order valence-corrected chi connectivity index (χ0v) is 69.9. The summed E-state index contributed by atoms with van der Waals surface area (Å²) in [7, 11) is 16.8. The highest BCUT2D eigenvalue weighted by atomic mass is 79.9. The normalized spacial score (nSPS) is 10.4. The van der Waals surface area contributed by atoms with E-state index in [0.29, 0.717) is 0 Å². The Morgan fingerprint density at radius 3 is 0.582 bits per heavy atom. The molecule has 16 heteroatoms. The molecule has 0 saturated heterocycles. The number of nitrogens with one attached hydrogen (secondary N) is 8. The number of halogens is 4. The van der Waals surface area contributed by atoms with Crippen LogP contribution in [0.1, 0.15) is 341 Å². The second kappa shape index (κ2) is 115. The van der Waals surface area contributed by atoms with Crippen LogP contribution < -0.4 is 42.5 Å². The molecule has 91 heavy (non-hydrogen) atoms. The lowest BCUT2D eigenvalue weighted by Gasteiger charge is -2.09. The first-order valence-corrected chi connectivity index (χ1v) is 38.4. The summed E-state index contributed by atoms with van der Waals surface area (Å²) in [5.74, 6) is 0. The van der Waals surface area contributed by atoms with Crippen molar-refractivity contribution in [3.8, 4) is 0 Å². The fourth-order valence-corrected chi connectivity index (χ4v) is 10.6. The van der Waals surface area contributed by atoms with Crippen molar-refractivity contribution in [2.45, 2.75) is 341 Å². The molecule has 0 radical (unpaired) electrons. The van der Waals surface area contributed by atoms with Crippen molar-refractivity contribution in [3.05, 3.63) is 0 Å². The van der Waals surface area contributed by atoms with Crippen LogP contribution in [0, 0.1) is 0 Å². The lowest BCUT2D eigenvalue weighted by Crippen LogP contribution is -2.24. The van der Waals surface area contributed by atoms with Gasteiger partial charge in [-0.05, 0) is 192 Å². The summed E-state index contributed by atoms with van der Waals surface area (Å²) in [4.78, 5) is 24.6. The molecule has 0 aromatic carbocycles. The van der Waals surface area contributed by atoms with Gasteiger partial charge in [-0.1, -0.05) is 271 Å². The number of carbonyl (C=O) groups excluding carboxylic acids is 2. The minimum Gasteiger partial charge on any atom is -0.359 e. The van der Waals surface area contributed by atoms with E-state index in [1.807, 2.05) is 28.2 Å². The molecule has 560 valence electrons. The van der Waals surface area contributed by atoms with Crippen LogP contribution in [0.5, 0.6) is 0 Å². The Hall–Kier alpha value is 0.540. The molecule has 0 saturated carbocycles. The Morgan fingerprint density at radius 2 is 0.385 bits per heavy atom. The predicted octanol–water partition coefficient (Wildman–Crippen LogP) is 19.9. The molecule has 0 spiro atoms. The largest absolute Gasteiger partial charge is 0.359 e. The number of amides is 2. The number of rotatable bonds is 70. The van der Waals surface area contributed by atoms with Crippen molar-refractivity contribution in [1.29, 1.82) is 0 Å². The first kappa shape index (κ1) is 110. The summed E-state index contributed by atoms with van der Waals surface area (Å²) in [5.41, 5.74) is 0. The first-order chi connectivity index (χ1) is 42.8. The zero-order valence-electron chi connectivity index (χ0n) is 63.0. The predicted molar refractivity (Wildman–Crippen MR) is 435 cm³/mol. The maximum Gasteiger partial charge on any atom is 0.207 e. The number of unbranched alkanes of at least 4 members (excludes halogenated alkanes) is 44. The number of nitrogens with zero attached hydrogens (tertiary/aromatic N) is 2. The van der Waals surface area contributed by atoms with Gasteiger partial charge in [-0.15, -0.1) is 67.9 Å². The van der Waals surface area contributed by atoms with Gasteiger partial charge < -0.3 is 52.3 Å². The third-order valence-corrected chi connectivity index (χ3v) is 16.3. The van der Waals surface area contributed by atoms with Crippen molar-refractivity contribution in [3.63, 3.8) is 0 Å². The fourth-order valence-electron chi connectivity index (χ4n) is 10.6. The topological polar surface area (TPSA) is 137 Å². The van der Waals surface area contributed by atoms with Gasteiger partial charge in [0, 0.05) is 13.1 Å². The van der Waals surface area contributed by atoms with Gasteiger partial charge >= 0.3 is 0 Å². The van der Waals surface area contributed by atoms with Gasteiger partial charge in [-0.25, -0.2) is 0 Å². The lowest BCUT2D eigenvalue weighted by molar-refractivity contribution is -0.110. The smallest absolute Gasteiger partial charge is 0.207 e. The molecule has 12 nitrogen and oxygen atoms in total. The Kier molecular flexibility index (Phi) is 139. The SMILES string of the molecule is Br.Br.Br.Br.CCCCCCCCCCCCCCC.CN(C)CCCCCCCCCCCCCN(C)C.CNCCCCCCCCCCCCCNC.CNCCCCNCCCNCCCCNC.O=CNCCCCCCCCCCCCCNC=O. The molecule has 0 unspecified atom stereocenters. The van der Waals surface area contributed by atoms with E-state index in [1.165, 1.54) is 341 Å². The Balaban J connectivity index is -0.000000131. The average Bonchev–Trinajstić information content (AvgIpc) is 3.51. The van der Waals surface area contributed by atoms with E-state index in [-0.39, 0.29) is 67.9 Å². The molecule has 0 aliphatic carbocycles. The molecule has 0 aliphatic rings. The molecule has 0 atom stereocenters. The number of carbonyl (C=O) groups is 2. The van der Waals surface area contributed by atoms with Crippen molar-refractivity contribution in [2.75, 3.05) is 135 Å². The summed E-state index contributed by atoms with van der Waals surface area (Å²) in [6.07, 6.45) is 72.1. The molecule has 0 bridgehead atoms. The van der Waals surface area contributed by atoms with Crippen LogP contribution in [-0.4, -0.2) is 158 Å². The van der Waals surface area contributed by atoms with Crippen LogP contribution >= 0.6 is 67.9 Å². The highest BCUT2D eigenvalue weighted by molar-refractivity contribution is 8.93. The fraction of sp³-hybridized carbons (Fsp3) is 0.973. The highest BCUT2D eigenvalue weighted by Crippen LogP contribution is 2.15. The van der Waals surface area contributed by atoms with Crippen LogP contribution in [0.2, 0.25) is 0 Å². The molecule has 2 amide bonds. The van der Waals surface area contributed by atoms with E-state index in [2.05, 4.69) is 94.4 Å². The molecule has 0 rings (SSSR count). The van der Waals surface area contributed by atoms with Crippen LogP contribution in [0.15, 0.2) is 0 Å². The summed E-state index contributed by atoms with van der Waals surface area (Å²) in [6.45, 7) is 18.0. The monoisotopic (exact) mass is 1560 g/mol. The molecule has 8 N–H and O–H groups in total. The second-order valence-electron chi connectivity index (χ2n) is 26.0. The summed E-state index contributed by atoms with van der Waals surface area (Å²) in [5, 5.41) is 25.1. The summed E-state index contributed by atoms with van der Waals surface area (Å²) in [6, 6.07) is 0. The van der Waals surface area contributed by atoms with Gasteiger partial charge in [0.1, 0.15) is 0 Å². The van der Waals surface area contributed by atoms with Gasteiger partial charge in [-0.3, -0.25) is 9.59 Å². The molecular formula is C75H170Br4N10O2. The average molecular weight is 1560 g/mol. The Labute approximate surface area is 614 Å². The van der Waals surface area contributed by atoms with E-state index in [0.717, 1.165) is 78.0 Å². The van der Waals surface area contributed by atoms with Gasteiger partial charge in [0.15, 0.2) is 0 Å². The van der Waals surface area contributed by atoms with E-state index < -0.39 is 0 Å². The van der Waals surface area contributed by atoms with Crippen LogP contribution in [-0.2, 0) is 9.59 Å². The van der Waals surface area contributed by atoms with E-state index in [4.69, 9.17) is 0 Å². The maximum atomic E-state index is 10.0. The second-order valence-corrected chi connectivity index (χ2v) is 26.0. The third-order valence-electron chi connectivity index (χ3n) is 16.3. The number of hydrogen-bond acceptors (Lipinski definition) is 10. The summed E-state index contributed by atoms with van der Waals surface area (Å²) < 4.78 is 0. The van der Waals surface area contributed by atoms with Crippen LogP contribution in [0.3, 0.4) is 0 Å². The van der Waals surface area contributed by atoms with Crippen LogP contribution in [0.25, 0.3) is 0 Å². The minimum atomic E-state index is 0. The van der Waals surface area contributed by atoms with Crippen molar-refractivity contribution >= 4 is 80.7 Å². The minimum absolute atomic E-state index is 0. The molecule has 0 aromatic heterocycles. The Morgan fingerprint density at radius 1 is 0.220 bits per heavy atom. The third kappa shape index (κ3) is 135. The molecular weight excluding hydrogens is 1390 g/mol. The molecule has 0 heterocycles. The van der Waals surface area contributed by atoms with Crippen molar-refractivity contribution < 1.29 is 9.59 Å². The summed E-state index contributed by atoms with van der Waals surface area (Å²) >= 11 is 0. The van der Waals surface area contributed by atoms with Crippen LogP contribution in [0.4, 0.5) is 0 Å². The van der Waals surface area contributed by atoms with E-state index >= 15 is 0 Å². The first-order valence-electron chi connectivity index (χ1n) is 38.4. The van der Waals surface area contributed by atoms with E-state index in [1.54, 1.807) is 0 Å². The van der Waals surface area contributed by atoms with E-state index in [9.17, 15) is 9.59 Å². The van der Waals surface area contributed by atoms with Gasteiger partial charge in [0.2, 0.25) is 12.8 Å². The standard InChI is InChI=1S/C17H38N2.C15H30N2O2.C15H34N2.C15H32.C13H32N4.4BrH/c1-18(2)16-14-12-10-8-6-5-7-9-11-13-15-17-19(3)4;18-14-16-12-10-8-6-4-2-1-3-5-7-9-11-13-17-15-19;1-16-14-12-10-8-6-4-3-5-7-9-11-13-15-17-2;1-3-5-7-9-11-13-15-14-12-10-8-6-4-2;1-14-8-3-5-10-16-12-7-13-17-11-6-4-9-15-2;;;;/h5-17H2,1-4H3;14-15H,1-13H2,(H,16,18)(H,17,19);16-17H,3-15H2,1-2H3;3-15H2,1-2H3;14-17H,3-13H2,1-2H3;4*1H. The number of hydrogen-bond donors (Lipinski definition) is 8. The van der Waals surface area contributed by atoms with Gasteiger partial charge in [0.25, 0.3) is 0 Å². The molecule has 0 aromatic rings. The lowest BCUT2D eigenvalue weighted by atomic mass is 10.1. The molecule has 0 fully saturated rings. The maximum absolute atomic E-state index is 10.0. The van der Waals surface area contributed by atoms with Gasteiger partial charge in [0.05, 0.1) is 0 Å². The Bertz CT molecular complexity index is 1020. The van der Waals surface area contributed by atoms with Gasteiger partial charge in [-0.2, -0.15) is 0 Å². The van der Waals surface area contributed by atoms with Crippen molar-refractivity contribution in [2.24, 2.45) is 0 Å². The quantitative estimate of drug-likeness (QED) is 0.0220.